The number of hydrogen-bond donors (Lipinski definition) is 0. The van der Waals surface area contributed by atoms with Crippen LogP contribution in [0.1, 0.15) is 22.8 Å². The van der Waals surface area contributed by atoms with Gasteiger partial charge in [0.15, 0.2) is 5.78 Å². The molecule has 2 aromatic rings. The highest BCUT2D eigenvalue weighted by Gasteiger charge is 2.09. The standard InChI is InChI=1S/C15H13IO2/c1-11(17)14-8-7-13(16)9-15(14)18-10-12-5-3-2-4-6-12/h2-9H,10H2,1H3. The van der Waals surface area contributed by atoms with Gasteiger partial charge >= 0.3 is 0 Å². The van der Waals surface area contributed by atoms with Crippen molar-refractivity contribution in [3.8, 4) is 5.75 Å². The van der Waals surface area contributed by atoms with Crippen LogP contribution in [0.15, 0.2) is 48.5 Å². The van der Waals surface area contributed by atoms with Crippen molar-refractivity contribution in [2.75, 3.05) is 0 Å². The van der Waals surface area contributed by atoms with E-state index in [4.69, 9.17) is 4.74 Å². The van der Waals surface area contributed by atoms with Crippen LogP contribution in [-0.4, -0.2) is 5.78 Å². The lowest BCUT2D eigenvalue weighted by molar-refractivity contribution is 0.101. The number of halogens is 1. The second kappa shape index (κ2) is 6.00. The monoisotopic (exact) mass is 352 g/mol. The number of hydrogen-bond acceptors (Lipinski definition) is 2. The molecule has 0 saturated heterocycles. The number of benzene rings is 2. The number of ether oxygens (including phenoxy) is 1. The Balaban J connectivity index is 2.18. The normalized spacial score (nSPS) is 10.1. The van der Waals surface area contributed by atoms with Gasteiger partial charge in [0.1, 0.15) is 12.4 Å². The first kappa shape index (κ1) is 13.1. The van der Waals surface area contributed by atoms with E-state index in [2.05, 4.69) is 22.6 Å². The lowest BCUT2D eigenvalue weighted by Crippen LogP contribution is -2.02. The highest BCUT2D eigenvalue weighted by molar-refractivity contribution is 14.1. The van der Waals surface area contributed by atoms with Crippen molar-refractivity contribution >= 4 is 28.4 Å². The third kappa shape index (κ3) is 3.32. The Kier molecular flexibility index (Phi) is 4.36. The zero-order valence-electron chi connectivity index (χ0n) is 10.0. The van der Waals surface area contributed by atoms with E-state index in [1.807, 2.05) is 48.5 Å². The molecule has 0 heterocycles. The first-order valence-electron chi connectivity index (χ1n) is 5.64. The molecule has 2 rings (SSSR count). The molecule has 0 bridgehead atoms. The fourth-order valence-electron chi connectivity index (χ4n) is 1.64. The fourth-order valence-corrected chi connectivity index (χ4v) is 2.10. The zero-order valence-corrected chi connectivity index (χ0v) is 12.2. The highest BCUT2D eigenvalue weighted by atomic mass is 127. The summed E-state index contributed by atoms with van der Waals surface area (Å²) < 4.78 is 6.80. The molecule has 0 aliphatic rings. The highest BCUT2D eigenvalue weighted by Crippen LogP contribution is 2.23. The van der Waals surface area contributed by atoms with Crippen molar-refractivity contribution in [3.63, 3.8) is 0 Å². The Bertz CT molecular complexity index is 550. The predicted octanol–water partition coefficient (Wildman–Crippen LogP) is 4.07. The van der Waals surface area contributed by atoms with Crippen molar-refractivity contribution in [2.45, 2.75) is 13.5 Å². The zero-order chi connectivity index (χ0) is 13.0. The Morgan fingerprint density at radius 3 is 2.56 bits per heavy atom. The summed E-state index contributed by atoms with van der Waals surface area (Å²) in [5.41, 5.74) is 1.72. The SMILES string of the molecule is CC(=O)c1ccc(I)cc1OCc1ccccc1. The van der Waals surface area contributed by atoms with Crippen LogP contribution in [0.3, 0.4) is 0 Å². The van der Waals surface area contributed by atoms with Gasteiger partial charge in [-0.25, -0.2) is 0 Å². The maximum absolute atomic E-state index is 11.5. The minimum absolute atomic E-state index is 0.0226. The van der Waals surface area contributed by atoms with E-state index in [1.165, 1.54) is 0 Å². The number of carbonyl (C=O) groups is 1. The summed E-state index contributed by atoms with van der Waals surface area (Å²) in [6.45, 7) is 2.03. The average Bonchev–Trinajstić information content (AvgIpc) is 2.37. The number of rotatable bonds is 4. The molecule has 2 nitrogen and oxygen atoms in total. The van der Waals surface area contributed by atoms with Gasteiger partial charge in [-0.3, -0.25) is 4.79 Å². The quantitative estimate of drug-likeness (QED) is 0.613. The van der Waals surface area contributed by atoms with Gasteiger partial charge in [0, 0.05) is 3.57 Å². The van der Waals surface area contributed by atoms with Gasteiger partial charge in [-0.2, -0.15) is 0 Å². The van der Waals surface area contributed by atoms with E-state index in [1.54, 1.807) is 6.92 Å². The summed E-state index contributed by atoms with van der Waals surface area (Å²) in [4.78, 5) is 11.5. The smallest absolute Gasteiger partial charge is 0.163 e. The van der Waals surface area contributed by atoms with Gasteiger partial charge in [0.2, 0.25) is 0 Å². The van der Waals surface area contributed by atoms with Crippen LogP contribution >= 0.6 is 22.6 Å². The Hall–Kier alpha value is -1.36. The van der Waals surface area contributed by atoms with Crippen LogP contribution in [0.25, 0.3) is 0 Å². The van der Waals surface area contributed by atoms with Gasteiger partial charge in [-0.1, -0.05) is 30.3 Å². The minimum Gasteiger partial charge on any atom is -0.488 e. The Labute approximate surface area is 120 Å². The summed E-state index contributed by atoms with van der Waals surface area (Å²) >= 11 is 2.21. The van der Waals surface area contributed by atoms with Gasteiger partial charge in [0.25, 0.3) is 0 Å². The predicted molar refractivity (Wildman–Crippen MR) is 79.9 cm³/mol. The molecule has 0 radical (unpaired) electrons. The van der Waals surface area contributed by atoms with Gasteiger partial charge in [0.05, 0.1) is 5.56 Å². The summed E-state index contributed by atoms with van der Waals surface area (Å²) in [5, 5.41) is 0. The van der Waals surface area contributed by atoms with E-state index in [0.29, 0.717) is 17.9 Å². The molecule has 0 N–H and O–H groups in total. The first-order valence-corrected chi connectivity index (χ1v) is 6.72. The molecule has 92 valence electrons. The van der Waals surface area contributed by atoms with E-state index >= 15 is 0 Å². The lowest BCUT2D eigenvalue weighted by atomic mass is 10.1. The average molecular weight is 352 g/mol. The molecule has 2 aromatic carbocycles. The Morgan fingerprint density at radius 1 is 1.17 bits per heavy atom. The molecule has 18 heavy (non-hydrogen) atoms. The minimum atomic E-state index is 0.0226. The van der Waals surface area contributed by atoms with Gasteiger partial charge < -0.3 is 4.74 Å². The largest absolute Gasteiger partial charge is 0.488 e. The number of Topliss-reactive ketones (excluding diaryl/α,β-unsaturated/α-hetero) is 1. The second-order valence-corrected chi connectivity index (χ2v) is 5.22. The molecule has 3 heteroatoms. The topological polar surface area (TPSA) is 26.3 Å². The molecule has 0 atom stereocenters. The van der Waals surface area contributed by atoms with Crippen molar-refractivity contribution in [1.29, 1.82) is 0 Å². The molecule has 0 unspecified atom stereocenters. The van der Waals surface area contributed by atoms with E-state index in [-0.39, 0.29) is 5.78 Å². The maximum Gasteiger partial charge on any atom is 0.163 e. The van der Waals surface area contributed by atoms with Crippen LogP contribution in [-0.2, 0) is 6.61 Å². The first-order chi connectivity index (χ1) is 8.66. The lowest BCUT2D eigenvalue weighted by Gasteiger charge is -2.10. The van der Waals surface area contributed by atoms with Crippen molar-refractivity contribution < 1.29 is 9.53 Å². The second-order valence-electron chi connectivity index (χ2n) is 3.97. The third-order valence-electron chi connectivity index (χ3n) is 2.56. The number of ketones is 1. The van der Waals surface area contributed by atoms with E-state index in [9.17, 15) is 4.79 Å². The molecule has 0 fully saturated rings. The molecule has 0 aromatic heterocycles. The van der Waals surface area contributed by atoms with Crippen LogP contribution < -0.4 is 4.74 Å². The van der Waals surface area contributed by atoms with Crippen LogP contribution in [0.4, 0.5) is 0 Å². The molecular weight excluding hydrogens is 339 g/mol. The molecule has 0 aliphatic heterocycles. The third-order valence-corrected chi connectivity index (χ3v) is 3.23. The van der Waals surface area contributed by atoms with Crippen molar-refractivity contribution in [2.24, 2.45) is 0 Å². The number of carbonyl (C=O) groups excluding carboxylic acids is 1. The molecule has 0 aliphatic carbocycles. The summed E-state index contributed by atoms with van der Waals surface area (Å²) in [6.07, 6.45) is 0. The summed E-state index contributed by atoms with van der Waals surface area (Å²) in [5.74, 6) is 0.674. The Morgan fingerprint density at radius 2 is 1.89 bits per heavy atom. The summed E-state index contributed by atoms with van der Waals surface area (Å²) in [7, 11) is 0. The van der Waals surface area contributed by atoms with Crippen molar-refractivity contribution in [1.82, 2.24) is 0 Å². The van der Waals surface area contributed by atoms with Gasteiger partial charge in [-0.15, -0.1) is 0 Å². The molecular formula is C15H13IO2. The van der Waals surface area contributed by atoms with Crippen molar-refractivity contribution in [3.05, 3.63) is 63.2 Å². The molecule has 0 saturated carbocycles. The van der Waals surface area contributed by atoms with E-state index in [0.717, 1.165) is 9.13 Å². The van der Waals surface area contributed by atoms with E-state index < -0.39 is 0 Å². The fraction of sp³-hybridized carbons (Fsp3) is 0.133. The van der Waals surface area contributed by atoms with Crippen LogP contribution in [0.5, 0.6) is 5.75 Å². The maximum atomic E-state index is 11.5. The van der Waals surface area contributed by atoms with Gasteiger partial charge in [-0.05, 0) is 53.3 Å². The summed E-state index contributed by atoms with van der Waals surface area (Å²) in [6, 6.07) is 15.5. The molecule has 0 amide bonds. The van der Waals surface area contributed by atoms with Crippen LogP contribution in [0, 0.1) is 3.57 Å². The van der Waals surface area contributed by atoms with Crippen LogP contribution in [0.2, 0.25) is 0 Å². The molecule has 0 spiro atoms.